The van der Waals surface area contributed by atoms with E-state index >= 15 is 0 Å². The van der Waals surface area contributed by atoms with Gasteiger partial charge in [0.1, 0.15) is 5.76 Å². The van der Waals surface area contributed by atoms with Crippen molar-refractivity contribution in [3.05, 3.63) is 102 Å². The van der Waals surface area contributed by atoms with E-state index in [0.29, 0.717) is 16.9 Å². The van der Waals surface area contributed by atoms with Crippen molar-refractivity contribution in [2.24, 2.45) is 0 Å². The summed E-state index contributed by atoms with van der Waals surface area (Å²) in [5, 5.41) is 13.2. The van der Waals surface area contributed by atoms with Crippen molar-refractivity contribution in [3.63, 3.8) is 0 Å². The summed E-state index contributed by atoms with van der Waals surface area (Å²) < 4.78 is 7.01. The summed E-state index contributed by atoms with van der Waals surface area (Å²) in [5.41, 5.74) is 2.97. The molecule has 6 nitrogen and oxygen atoms in total. The van der Waals surface area contributed by atoms with E-state index < -0.39 is 5.97 Å². The highest BCUT2D eigenvalue weighted by Crippen LogP contribution is 2.23. The monoisotopic (exact) mass is 384 g/mol. The van der Waals surface area contributed by atoms with Crippen LogP contribution in [-0.4, -0.2) is 26.6 Å². The van der Waals surface area contributed by atoms with Gasteiger partial charge in [0, 0.05) is 22.9 Å². The number of para-hydroxylation sites is 1. The molecule has 0 atom stereocenters. The molecule has 4 aromatic rings. The molecule has 0 unspecified atom stereocenters. The average molecular weight is 384 g/mol. The Labute approximate surface area is 166 Å². The maximum Gasteiger partial charge on any atom is 0.371 e. The van der Waals surface area contributed by atoms with Crippen molar-refractivity contribution in [3.8, 4) is 17.0 Å². The highest BCUT2D eigenvalue weighted by molar-refractivity contribution is 6.07. The fourth-order valence-corrected chi connectivity index (χ4v) is 2.82. The molecule has 0 radical (unpaired) electrons. The third-order valence-electron chi connectivity index (χ3n) is 4.32. The zero-order chi connectivity index (χ0) is 20.2. The number of ketones is 1. The Balaban J connectivity index is 1.46. The highest BCUT2D eigenvalue weighted by Gasteiger charge is 2.11. The number of carbonyl (C=O) groups is 2. The van der Waals surface area contributed by atoms with Gasteiger partial charge in [0.2, 0.25) is 5.76 Å². The quantitative estimate of drug-likeness (QED) is 0.384. The van der Waals surface area contributed by atoms with Crippen LogP contribution in [0.1, 0.15) is 26.5 Å². The minimum absolute atomic E-state index is 0.126. The van der Waals surface area contributed by atoms with Gasteiger partial charge >= 0.3 is 5.97 Å². The second-order valence-electron chi connectivity index (χ2n) is 6.30. The summed E-state index contributed by atoms with van der Waals surface area (Å²) in [6.07, 6.45) is 6.75. The van der Waals surface area contributed by atoms with Gasteiger partial charge in [-0.05, 0) is 36.4 Å². The number of benzene rings is 2. The van der Waals surface area contributed by atoms with Crippen LogP contribution in [-0.2, 0) is 0 Å². The topological polar surface area (TPSA) is 85.3 Å². The van der Waals surface area contributed by atoms with Crippen molar-refractivity contribution in [1.29, 1.82) is 0 Å². The number of nitrogens with zero attached hydrogens (tertiary/aromatic N) is 2. The van der Waals surface area contributed by atoms with Crippen molar-refractivity contribution in [2.45, 2.75) is 0 Å². The second-order valence-corrected chi connectivity index (χ2v) is 6.30. The van der Waals surface area contributed by atoms with Gasteiger partial charge in [-0.1, -0.05) is 42.5 Å². The number of aromatic nitrogens is 2. The van der Waals surface area contributed by atoms with Crippen LogP contribution in [0.3, 0.4) is 0 Å². The van der Waals surface area contributed by atoms with Crippen molar-refractivity contribution < 1.29 is 19.1 Å². The van der Waals surface area contributed by atoms with Crippen LogP contribution in [0.5, 0.6) is 0 Å². The van der Waals surface area contributed by atoms with Gasteiger partial charge in [-0.2, -0.15) is 5.10 Å². The van der Waals surface area contributed by atoms with Crippen LogP contribution < -0.4 is 0 Å². The van der Waals surface area contributed by atoms with Gasteiger partial charge in [0.15, 0.2) is 5.78 Å². The van der Waals surface area contributed by atoms with E-state index in [2.05, 4.69) is 5.10 Å². The summed E-state index contributed by atoms with van der Waals surface area (Å²) in [6, 6.07) is 19.5. The van der Waals surface area contributed by atoms with Crippen LogP contribution in [0.15, 0.2) is 89.6 Å². The molecular formula is C23H16N2O4. The first-order valence-electron chi connectivity index (χ1n) is 8.86. The first-order chi connectivity index (χ1) is 14.1. The lowest BCUT2D eigenvalue weighted by Crippen LogP contribution is -1.94. The number of carbonyl (C=O) groups excluding carboxylic acids is 1. The molecule has 1 N–H and O–H groups in total. The molecule has 2 aromatic heterocycles. The Kier molecular flexibility index (Phi) is 4.90. The molecule has 6 heteroatoms. The predicted molar refractivity (Wildman–Crippen MR) is 108 cm³/mol. The minimum atomic E-state index is -1.12. The Hall–Kier alpha value is -4.19. The summed E-state index contributed by atoms with van der Waals surface area (Å²) in [6.45, 7) is 0. The number of carboxylic acid groups (broad SMARTS) is 1. The summed E-state index contributed by atoms with van der Waals surface area (Å²) in [4.78, 5) is 23.3. The van der Waals surface area contributed by atoms with Crippen molar-refractivity contribution in [2.75, 3.05) is 0 Å². The standard InChI is InChI=1S/C23H16N2O4/c26-20(11-6-16-14-24-25(15-16)19-4-2-1-3-5-19)17-7-9-18(10-8-17)21-12-13-22(29-21)23(27)28/h1-15H,(H,27,28)/b11-6+. The van der Waals surface area contributed by atoms with Crippen LogP contribution in [0, 0.1) is 0 Å². The smallest absolute Gasteiger partial charge is 0.371 e. The molecule has 2 heterocycles. The number of aromatic carboxylic acids is 1. The first-order valence-corrected chi connectivity index (χ1v) is 8.86. The molecule has 4 rings (SSSR count). The van der Waals surface area contributed by atoms with E-state index in [9.17, 15) is 9.59 Å². The van der Waals surface area contributed by atoms with E-state index in [4.69, 9.17) is 9.52 Å². The van der Waals surface area contributed by atoms with Crippen LogP contribution in [0.2, 0.25) is 0 Å². The normalized spacial score (nSPS) is 11.0. The van der Waals surface area contributed by atoms with Gasteiger partial charge in [-0.3, -0.25) is 4.79 Å². The molecule has 0 saturated heterocycles. The number of carboxylic acids is 1. The third kappa shape index (κ3) is 4.06. The van der Waals surface area contributed by atoms with Crippen LogP contribution in [0.25, 0.3) is 23.1 Å². The van der Waals surface area contributed by atoms with Gasteiger partial charge in [0.25, 0.3) is 0 Å². The zero-order valence-electron chi connectivity index (χ0n) is 15.2. The van der Waals surface area contributed by atoms with Crippen LogP contribution in [0.4, 0.5) is 0 Å². The Morgan fingerprint density at radius 1 is 0.966 bits per heavy atom. The SMILES string of the molecule is O=C(/C=C/c1cnn(-c2ccccc2)c1)c1ccc(-c2ccc(C(=O)O)o2)cc1. The molecule has 0 aliphatic carbocycles. The molecular weight excluding hydrogens is 368 g/mol. The average Bonchev–Trinajstić information content (AvgIpc) is 3.43. The molecule has 0 bridgehead atoms. The summed E-state index contributed by atoms with van der Waals surface area (Å²) >= 11 is 0. The molecule has 0 saturated carbocycles. The lowest BCUT2D eigenvalue weighted by Gasteiger charge is -1.99. The number of hydrogen-bond acceptors (Lipinski definition) is 4. The second kappa shape index (κ2) is 7.82. The van der Waals surface area contributed by atoms with E-state index in [0.717, 1.165) is 11.3 Å². The summed E-state index contributed by atoms with van der Waals surface area (Å²) in [5.74, 6) is -0.956. The number of allylic oxidation sites excluding steroid dienone is 1. The number of hydrogen-bond donors (Lipinski definition) is 1. The Morgan fingerprint density at radius 3 is 2.41 bits per heavy atom. The molecule has 29 heavy (non-hydrogen) atoms. The number of rotatable bonds is 6. The minimum Gasteiger partial charge on any atom is -0.475 e. The first kappa shape index (κ1) is 18.2. The Morgan fingerprint density at radius 2 is 1.72 bits per heavy atom. The van der Waals surface area contributed by atoms with Gasteiger partial charge < -0.3 is 9.52 Å². The lowest BCUT2D eigenvalue weighted by molar-refractivity contribution is 0.0663. The maximum absolute atomic E-state index is 12.4. The van der Waals surface area contributed by atoms with Gasteiger partial charge in [-0.25, -0.2) is 9.48 Å². The Bertz CT molecular complexity index is 1190. The molecule has 2 aromatic carbocycles. The van der Waals surface area contributed by atoms with Crippen molar-refractivity contribution in [1.82, 2.24) is 9.78 Å². The third-order valence-corrected chi connectivity index (χ3v) is 4.32. The fraction of sp³-hybridized carbons (Fsp3) is 0. The highest BCUT2D eigenvalue weighted by atomic mass is 16.4. The molecule has 0 fully saturated rings. The lowest BCUT2D eigenvalue weighted by atomic mass is 10.1. The van der Waals surface area contributed by atoms with Crippen molar-refractivity contribution >= 4 is 17.8 Å². The molecule has 0 amide bonds. The molecule has 142 valence electrons. The largest absolute Gasteiger partial charge is 0.475 e. The summed E-state index contributed by atoms with van der Waals surface area (Å²) in [7, 11) is 0. The number of furan rings is 1. The zero-order valence-corrected chi connectivity index (χ0v) is 15.2. The van der Waals surface area contributed by atoms with Gasteiger partial charge in [-0.15, -0.1) is 0 Å². The molecule has 0 aliphatic rings. The fourth-order valence-electron chi connectivity index (χ4n) is 2.82. The van der Waals surface area contributed by atoms with Gasteiger partial charge in [0.05, 0.1) is 11.9 Å². The van der Waals surface area contributed by atoms with E-state index in [1.54, 1.807) is 47.3 Å². The van der Waals surface area contributed by atoms with Crippen LogP contribution >= 0.6 is 0 Å². The molecule has 0 aliphatic heterocycles. The van der Waals surface area contributed by atoms with E-state index in [1.165, 1.54) is 12.1 Å². The predicted octanol–water partition coefficient (Wildman–Crippen LogP) is 4.73. The maximum atomic E-state index is 12.4. The molecule has 0 spiro atoms. The van der Waals surface area contributed by atoms with E-state index in [1.807, 2.05) is 36.5 Å². The van der Waals surface area contributed by atoms with E-state index in [-0.39, 0.29) is 11.5 Å².